The first-order chi connectivity index (χ1) is 14.3. The van der Waals surface area contributed by atoms with Crippen LogP contribution in [0.4, 0.5) is 0 Å². The van der Waals surface area contributed by atoms with Crippen LogP contribution in [0.15, 0.2) is 29.8 Å². The molecule has 1 saturated carbocycles. The van der Waals surface area contributed by atoms with Crippen molar-refractivity contribution in [1.29, 1.82) is 0 Å². The molecule has 1 aromatic rings. The first-order valence-electron chi connectivity index (χ1n) is 11.1. The van der Waals surface area contributed by atoms with Crippen molar-refractivity contribution in [2.24, 2.45) is 5.92 Å². The highest BCUT2D eigenvalue weighted by Gasteiger charge is 2.75. The molecular weight excluding hydrogens is 412 g/mol. The molecule has 1 aliphatic heterocycles. The second-order valence-corrected chi connectivity index (χ2v) is 15.7. The van der Waals surface area contributed by atoms with E-state index in [1.807, 2.05) is 0 Å². The molecule has 0 bridgehead atoms. The van der Waals surface area contributed by atoms with Gasteiger partial charge in [-0.2, -0.15) is 0 Å². The van der Waals surface area contributed by atoms with E-state index in [9.17, 15) is 19.8 Å². The molecule has 6 nitrogen and oxygen atoms in total. The van der Waals surface area contributed by atoms with Crippen molar-refractivity contribution < 1.29 is 29.0 Å². The van der Waals surface area contributed by atoms with Crippen molar-refractivity contribution in [3.8, 4) is 5.75 Å². The van der Waals surface area contributed by atoms with Crippen LogP contribution < -0.4 is 0 Å². The molecule has 0 aromatic heterocycles. The zero-order chi connectivity index (χ0) is 22.6. The van der Waals surface area contributed by atoms with E-state index >= 15 is 0 Å². The summed E-state index contributed by atoms with van der Waals surface area (Å²) >= 11 is 0. The van der Waals surface area contributed by atoms with Crippen LogP contribution in [0, 0.1) is 5.92 Å². The molecule has 2 N–H and O–H groups in total. The Hall–Kier alpha value is -1.80. The molecule has 1 heterocycles. The molecule has 31 heavy (non-hydrogen) atoms. The Bertz CT molecular complexity index is 1040. The van der Waals surface area contributed by atoms with Gasteiger partial charge < -0.3 is 19.4 Å². The number of fused-ring (bicyclic) bond motifs is 3. The fraction of sp³-hybridized carbons (Fsp3) is 0.583. The van der Waals surface area contributed by atoms with Gasteiger partial charge in [-0.05, 0) is 49.5 Å². The van der Waals surface area contributed by atoms with E-state index in [1.54, 1.807) is 6.08 Å². The van der Waals surface area contributed by atoms with Gasteiger partial charge in [-0.3, -0.25) is 9.59 Å². The lowest BCUT2D eigenvalue weighted by atomic mass is 9.56. The van der Waals surface area contributed by atoms with Crippen molar-refractivity contribution in [3.05, 3.63) is 41.0 Å². The van der Waals surface area contributed by atoms with Crippen molar-refractivity contribution in [2.45, 2.75) is 81.6 Å². The Morgan fingerprint density at radius 3 is 2.61 bits per heavy atom. The smallest absolute Gasteiger partial charge is 0.200 e. The summed E-state index contributed by atoms with van der Waals surface area (Å²) in [6, 6.07) is 4.42. The molecule has 3 aliphatic carbocycles. The minimum atomic E-state index is -2.21. The van der Waals surface area contributed by atoms with E-state index < -0.39 is 37.0 Å². The number of ketones is 2. The highest BCUT2D eigenvalue weighted by molar-refractivity contribution is 6.74. The van der Waals surface area contributed by atoms with Gasteiger partial charge in [-0.1, -0.05) is 32.9 Å². The second-order valence-electron chi connectivity index (χ2n) is 11.0. The van der Waals surface area contributed by atoms with Crippen LogP contribution in [0.3, 0.4) is 0 Å². The third-order valence-electron chi connectivity index (χ3n) is 8.26. The number of ether oxygens (including phenoxy) is 1. The number of phenolic OH excluding ortho intramolecular Hbond substituents is 1. The number of hydrogen-bond donors (Lipinski definition) is 2. The first-order valence-corrected chi connectivity index (χ1v) is 14.0. The highest BCUT2D eigenvalue weighted by atomic mass is 28.4. The Morgan fingerprint density at radius 2 is 1.94 bits per heavy atom. The summed E-state index contributed by atoms with van der Waals surface area (Å²) in [6.45, 7) is 10.8. The Labute approximate surface area is 183 Å². The third-order valence-corrected chi connectivity index (χ3v) is 12.8. The van der Waals surface area contributed by atoms with Gasteiger partial charge in [0.2, 0.25) is 0 Å². The van der Waals surface area contributed by atoms with E-state index in [-0.39, 0.29) is 39.7 Å². The fourth-order valence-corrected chi connectivity index (χ4v) is 6.98. The lowest BCUT2D eigenvalue weighted by Gasteiger charge is -2.52. The van der Waals surface area contributed by atoms with E-state index in [0.717, 1.165) is 12.8 Å². The van der Waals surface area contributed by atoms with Crippen molar-refractivity contribution in [3.63, 3.8) is 0 Å². The van der Waals surface area contributed by atoms with Gasteiger partial charge in [0.25, 0.3) is 0 Å². The Kier molecular flexibility index (Phi) is 4.18. The molecular formula is C24H30O6Si. The normalized spacial score (nSPS) is 36.7. The topological polar surface area (TPSA) is 96.4 Å². The van der Waals surface area contributed by atoms with Crippen LogP contribution in [-0.4, -0.2) is 53.5 Å². The zero-order valence-corrected chi connectivity index (χ0v) is 19.7. The number of hydrogen-bond acceptors (Lipinski definition) is 6. The van der Waals surface area contributed by atoms with E-state index in [1.165, 1.54) is 18.2 Å². The summed E-state index contributed by atoms with van der Waals surface area (Å²) < 4.78 is 12.9. The summed E-state index contributed by atoms with van der Waals surface area (Å²) in [5, 5.41) is 22.3. The molecule has 4 aliphatic rings. The van der Waals surface area contributed by atoms with Crippen LogP contribution >= 0.6 is 0 Å². The van der Waals surface area contributed by atoms with Crippen molar-refractivity contribution in [2.75, 3.05) is 0 Å². The summed E-state index contributed by atoms with van der Waals surface area (Å²) in [6.07, 6.45) is 3.22. The number of aromatic hydroxyl groups is 1. The standard InChI is InChI=1S/C24H30O6Si/c1-22(2,3)31(4,5)30-16-10-7-11-23-17(29-23)12-14-19(26)18-13(8-6-9-15(18)25)21(27)24(14,28)20(16)23/h6,8-9,12,16-17,20,25,28H,7,10-11H2,1-5H3/t16-,17-,20+,23-,24+/m1/s1. The van der Waals surface area contributed by atoms with Gasteiger partial charge in [-0.25, -0.2) is 0 Å². The molecule has 2 fully saturated rings. The second kappa shape index (κ2) is 6.16. The van der Waals surface area contributed by atoms with E-state index in [0.29, 0.717) is 6.42 Å². The number of phenols is 1. The van der Waals surface area contributed by atoms with Gasteiger partial charge in [0.05, 0.1) is 17.6 Å². The summed E-state index contributed by atoms with van der Waals surface area (Å²) in [5.41, 5.74) is -2.63. The van der Waals surface area contributed by atoms with Crippen LogP contribution in [0.1, 0.15) is 60.7 Å². The molecule has 166 valence electrons. The molecule has 1 spiro atoms. The maximum absolute atomic E-state index is 13.7. The maximum atomic E-state index is 13.7. The number of epoxide rings is 1. The molecule has 7 heteroatoms. The predicted molar refractivity (Wildman–Crippen MR) is 117 cm³/mol. The van der Waals surface area contributed by atoms with Gasteiger partial charge in [0.15, 0.2) is 25.5 Å². The predicted octanol–water partition coefficient (Wildman–Crippen LogP) is 3.77. The van der Waals surface area contributed by atoms with Crippen LogP contribution in [0.5, 0.6) is 5.75 Å². The van der Waals surface area contributed by atoms with E-state index in [4.69, 9.17) is 9.16 Å². The fourth-order valence-electron chi connectivity index (χ4n) is 5.62. The van der Waals surface area contributed by atoms with Crippen molar-refractivity contribution >= 4 is 19.9 Å². The number of benzene rings is 1. The quantitative estimate of drug-likeness (QED) is 0.535. The molecule has 0 amide bonds. The maximum Gasteiger partial charge on any atom is 0.200 e. The number of carbonyl (C=O) groups is 2. The molecule has 5 atom stereocenters. The lowest BCUT2D eigenvalue weighted by Crippen LogP contribution is -2.65. The molecule has 1 saturated heterocycles. The Morgan fingerprint density at radius 1 is 1.23 bits per heavy atom. The van der Waals surface area contributed by atoms with Crippen LogP contribution in [0.25, 0.3) is 0 Å². The monoisotopic (exact) mass is 442 g/mol. The molecule has 5 rings (SSSR count). The highest BCUT2D eigenvalue weighted by Crippen LogP contribution is 2.63. The van der Waals surface area contributed by atoms with Crippen LogP contribution in [0.2, 0.25) is 18.1 Å². The Balaban J connectivity index is 1.66. The summed E-state index contributed by atoms with van der Waals surface area (Å²) in [7, 11) is -2.21. The average Bonchev–Trinajstić information content (AvgIpc) is 3.36. The zero-order valence-electron chi connectivity index (χ0n) is 18.7. The van der Waals surface area contributed by atoms with Gasteiger partial charge in [0.1, 0.15) is 17.5 Å². The van der Waals surface area contributed by atoms with Crippen molar-refractivity contribution in [1.82, 2.24) is 0 Å². The number of aliphatic hydroxyl groups is 1. The number of rotatable bonds is 2. The number of carbonyl (C=O) groups excluding carboxylic acids is 2. The van der Waals surface area contributed by atoms with Gasteiger partial charge >= 0.3 is 0 Å². The summed E-state index contributed by atoms with van der Waals surface area (Å²) in [5.74, 6) is -1.95. The first kappa shape index (κ1) is 21.1. The molecule has 0 radical (unpaired) electrons. The van der Waals surface area contributed by atoms with E-state index in [2.05, 4.69) is 33.9 Å². The minimum absolute atomic E-state index is 0.0281. The summed E-state index contributed by atoms with van der Waals surface area (Å²) in [4.78, 5) is 27.1. The third kappa shape index (κ3) is 2.60. The number of Topliss-reactive ketones (excluding diaryl/α,β-unsaturated/α-hetero) is 2. The SMILES string of the molecule is CC(C)(C)[Si](C)(C)O[C@@H]1CCC[C@@]23O[C@@H]2C=C2C(=O)c4c(O)cccc4C(=O)[C@@]2(O)[C@@H]13. The van der Waals surface area contributed by atoms with Gasteiger partial charge in [0, 0.05) is 11.1 Å². The molecule has 1 aromatic carbocycles. The largest absolute Gasteiger partial charge is 0.507 e. The van der Waals surface area contributed by atoms with Crippen LogP contribution in [-0.2, 0) is 9.16 Å². The minimum Gasteiger partial charge on any atom is -0.507 e. The molecule has 0 unspecified atom stereocenters. The average molecular weight is 443 g/mol. The van der Waals surface area contributed by atoms with Gasteiger partial charge in [-0.15, -0.1) is 0 Å². The lowest BCUT2D eigenvalue weighted by molar-refractivity contribution is -0.0781.